The van der Waals surface area contributed by atoms with Gasteiger partial charge < -0.3 is 20.3 Å². The maximum atomic E-state index is 12.6. The van der Waals surface area contributed by atoms with Gasteiger partial charge in [0.05, 0.1) is 6.61 Å². The van der Waals surface area contributed by atoms with Gasteiger partial charge in [0, 0.05) is 12.1 Å². The molecule has 5 heteroatoms. The molecule has 1 rings (SSSR count). The van der Waals surface area contributed by atoms with Gasteiger partial charge in [-0.1, -0.05) is 0 Å². The van der Waals surface area contributed by atoms with Crippen molar-refractivity contribution >= 4 is 0 Å². The average Bonchev–Trinajstić information content (AvgIpc) is 2.36. The van der Waals surface area contributed by atoms with E-state index in [2.05, 4.69) is 5.32 Å². The molecule has 1 aromatic carbocycles. The van der Waals surface area contributed by atoms with Crippen LogP contribution in [0.5, 0.6) is 5.75 Å². The first-order chi connectivity index (χ1) is 8.43. The van der Waals surface area contributed by atoms with Crippen LogP contribution in [0.3, 0.4) is 0 Å². The highest BCUT2D eigenvalue weighted by atomic mass is 19.1. The third-order valence-corrected chi connectivity index (χ3v) is 2.47. The molecule has 0 fully saturated rings. The fourth-order valence-corrected chi connectivity index (χ4v) is 1.23. The van der Waals surface area contributed by atoms with Crippen molar-refractivity contribution in [2.75, 3.05) is 19.8 Å². The highest BCUT2D eigenvalue weighted by Crippen LogP contribution is 2.11. The summed E-state index contributed by atoms with van der Waals surface area (Å²) >= 11 is 0. The molecule has 0 saturated heterocycles. The van der Waals surface area contributed by atoms with Crippen LogP contribution >= 0.6 is 0 Å². The summed E-state index contributed by atoms with van der Waals surface area (Å²) in [6.07, 6.45) is -0.694. The van der Waals surface area contributed by atoms with Crippen molar-refractivity contribution in [2.45, 2.75) is 25.5 Å². The van der Waals surface area contributed by atoms with Crippen LogP contribution in [0.2, 0.25) is 0 Å². The number of benzene rings is 1. The lowest BCUT2D eigenvalue weighted by Crippen LogP contribution is -2.47. The third-order valence-electron chi connectivity index (χ3n) is 2.47. The Morgan fingerprint density at radius 3 is 2.50 bits per heavy atom. The zero-order valence-corrected chi connectivity index (χ0v) is 10.7. The van der Waals surface area contributed by atoms with Crippen LogP contribution in [0.4, 0.5) is 4.39 Å². The number of nitrogens with one attached hydrogen (secondary N) is 1. The molecular formula is C13H20FNO3. The van der Waals surface area contributed by atoms with Crippen LogP contribution in [-0.2, 0) is 0 Å². The monoisotopic (exact) mass is 257 g/mol. The molecule has 0 heterocycles. The summed E-state index contributed by atoms with van der Waals surface area (Å²) in [5, 5.41) is 21.7. The first-order valence-electron chi connectivity index (χ1n) is 5.85. The standard InChI is InChI=1S/C13H20FNO3/c1-13(2,9-16)15-7-11(17)8-18-12-5-3-10(14)4-6-12/h3-6,11,15-17H,7-9H2,1-2H3. The SMILES string of the molecule is CC(C)(CO)NCC(O)COc1ccc(F)cc1. The highest BCUT2D eigenvalue weighted by Gasteiger charge is 2.17. The summed E-state index contributed by atoms with van der Waals surface area (Å²) < 4.78 is 17.9. The van der Waals surface area contributed by atoms with E-state index >= 15 is 0 Å². The van der Waals surface area contributed by atoms with Crippen LogP contribution in [0.25, 0.3) is 0 Å². The molecule has 18 heavy (non-hydrogen) atoms. The van der Waals surface area contributed by atoms with Gasteiger partial charge in [-0.05, 0) is 38.1 Å². The minimum atomic E-state index is -0.694. The Morgan fingerprint density at radius 1 is 1.33 bits per heavy atom. The lowest BCUT2D eigenvalue weighted by molar-refractivity contribution is 0.0906. The van der Waals surface area contributed by atoms with Gasteiger partial charge in [0.25, 0.3) is 0 Å². The molecule has 1 unspecified atom stereocenters. The molecule has 4 nitrogen and oxygen atoms in total. The van der Waals surface area contributed by atoms with Crippen LogP contribution in [0, 0.1) is 5.82 Å². The van der Waals surface area contributed by atoms with Crippen molar-refractivity contribution < 1.29 is 19.3 Å². The van der Waals surface area contributed by atoms with Crippen LogP contribution < -0.4 is 10.1 Å². The molecule has 0 spiro atoms. The Bertz CT molecular complexity index is 354. The number of hydrogen-bond donors (Lipinski definition) is 3. The summed E-state index contributed by atoms with van der Waals surface area (Å²) in [6, 6.07) is 5.62. The van der Waals surface area contributed by atoms with E-state index in [4.69, 9.17) is 9.84 Å². The van der Waals surface area contributed by atoms with Crippen molar-refractivity contribution in [2.24, 2.45) is 0 Å². The lowest BCUT2D eigenvalue weighted by atomic mass is 10.1. The molecule has 0 amide bonds. The number of rotatable bonds is 7. The fourth-order valence-electron chi connectivity index (χ4n) is 1.23. The predicted molar refractivity (Wildman–Crippen MR) is 67.1 cm³/mol. The van der Waals surface area contributed by atoms with E-state index in [-0.39, 0.29) is 19.0 Å². The smallest absolute Gasteiger partial charge is 0.123 e. The summed E-state index contributed by atoms with van der Waals surface area (Å²) in [6.45, 7) is 4.08. The second kappa shape index (κ2) is 6.68. The van der Waals surface area contributed by atoms with Gasteiger partial charge in [0.15, 0.2) is 0 Å². The molecule has 0 bridgehead atoms. The van der Waals surface area contributed by atoms with E-state index in [1.165, 1.54) is 24.3 Å². The normalized spacial score (nSPS) is 13.4. The Balaban J connectivity index is 2.29. The number of β-amino-alcohol motifs (C(OH)–C–C–N with tert-alkyl or cyclic N) is 1. The van der Waals surface area contributed by atoms with Crippen LogP contribution in [-0.4, -0.2) is 41.6 Å². The number of halogens is 1. The number of aliphatic hydroxyl groups excluding tert-OH is 2. The molecule has 1 aromatic rings. The van der Waals surface area contributed by atoms with Gasteiger partial charge in [-0.3, -0.25) is 0 Å². The minimum absolute atomic E-state index is 0.0153. The molecular weight excluding hydrogens is 237 g/mol. The summed E-state index contributed by atoms with van der Waals surface area (Å²) in [7, 11) is 0. The van der Waals surface area contributed by atoms with Crippen molar-refractivity contribution in [3.63, 3.8) is 0 Å². The second-order valence-electron chi connectivity index (χ2n) is 4.84. The average molecular weight is 257 g/mol. The van der Waals surface area contributed by atoms with Crippen molar-refractivity contribution in [1.82, 2.24) is 5.32 Å². The molecule has 0 saturated carbocycles. The maximum absolute atomic E-state index is 12.6. The van der Waals surface area contributed by atoms with E-state index < -0.39 is 11.6 Å². The van der Waals surface area contributed by atoms with Crippen molar-refractivity contribution in [1.29, 1.82) is 0 Å². The quantitative estimate of drug-likeness (QED) is 0.680. The first kappa shape index (κ1) is 14.9. The van der Waals surface area contributed by atoms with E-state index in [0.717, 1.165) is 0 Å². The highest BCUT2D eigenvalue weighted by molar-refractivity contribution is 5.22. The molecule has 1 atom stereocenters. The number of hydrogen-bond acceptors (Lipinski definition) is 4. The zero-order valence-electron chi connectivity index (χ0n) is 10.7. The third kappa shape index (κ3) is 5.44. The predicted octanol–water partition coefficient (Wildman–Crippen LogP) is 0.926. The largest absolute Gasteiger partial charge is 0.491 e. The summed E-state index contributed by atoms with van der Waals surface area (Å²) in [5.41, 5.74) is -0.434. The number of aliphatic hydroxyl groups is 2. The Kier molecular flexibility index (Phi) is 5.53. The molecule has 0 aliphatic heterocycles. The molecule has 102 valence electrons. The van der Waals surface area contributed by atoms with Gasteiger partial charge in [0.1, 0.15) is 24.3 Å². The Hall–Kier alpha value is -1.17. The zero-order chi connectivity index (χ0) is 13.6. The van der Waals surface area contributed by atoms with E-state index in [1.807, 2.05) is 13.8 Å². The number of ether oxygens (including phenoxy) is 1. The first-order valence-corrected chi connectivity index (χ1v) is 5.85. The Labute approximate surface area is 106 Å². The van der Waals surface area contributed by atoms with E-state index in [0.29, 0.717) is 12.3 Å². The van der Waals surface area contributed by atoms with Crippen molar-refractivity contribution in [3.05, 3.63) is 30.1 Å². The van der Waals surface area contributed by atoms with Crippen LogP contribution in [0.15, 0.2) is 24.3 Å². The Morgan fingerprint density at radius 2 is 1.94 bits per heavy atom. The minimum Gasteiger partial charge on any atom is -0.491 e. The van der Waals surface area contributed by atoms with Gasteiger partial charge >= 0.3 is 0 Å². The summed E-state index contributed by atoms with van der Waals surface area (Å²) in [5.74, 6) is 0.186. The molecule has 0 aromatic heterocycles. The van der Waals surface area contributed by atoms with Gasteiger partial charge in [0.2, 0.25) is 0 Å². The van der Waals surface area contributed by atoms with Crippen LogP contribution in [0.1, 0.15) is 13.8 Å². The van der Waals surface area contributed by atoms with E-state index in [9.17, 15) is 9.50 Å². The lowest BCUT2D eigenvalue weighted by Gasteiger charge is -2.25. The molecule has 3 N–H and O–H groups in total. The van der Waals surface area contributed by atoms with Gasteiger partial charge in [-0.2, -0.15) is 0 Å². The topological polar surface area (TPSA) is 61.7 Å². The van der Waals surface area contributed by atoms with Gasteiger partial charge in [-0.25, -0.2) is 4.39 Å². The molecule has 0 aliphatic rings. The summed E-state index contributed by atoms with van der Waals surface area (Å²) in [4.78, 5) is 0. The molecule has 0 aliphatic carbocycles. The second-order valence-corrected chi connectivity index (χ2v) is 4.84. The van der Waals surface area contributed by atoms with Gasteiger partial charge in [-0.15, -0.1) is 0 Å². The van der Waals surface area contributed by atoms with E-state index in [1.54, 1.807) is 0 Å². The maximum Gasteiger partial charge on any atom is 0.123 e. The van der Waals surface area contributed by atoms with Crippen molar-refractivity contribution in [3.8, 4) is 5.75 Å². The fraction of sp³-hybridized carbons (Fsp3) is 0.538. The molecule has 0 radical (unpaired) electrons.